The molecule has 7 nitrogen and oxygen atoms in total. The topological polar surface area (TPSA) is 103 Å². The average molecular weight is 371 g/mol. The van der Waals surface area contributed by atoms with Crippen molar-refractivity contribution in [2.75, 3.05) is 24.7 Å². The Bertz CT molecular complexity index is 822. The first kappa shape index (κ1) is 19.9. The van der Waals surface area contributed by atoms with Gasteiger partial charge in [-0.15, -0.1) is 0 Å². The van der Waals surface area contributed by atoms with Crippen LogP contribution in [0.3, 0.4) is 0 Å². The Labute approximate surface area is 156 Å². The number of hydrogen-bond donors (Lipinski definition) is 0. The molecule has 1 unspecified atom stereocenters. The number of carbonyl (C=O) groups is 2. The molecule has 1 aliphatic rings. The fourth-order valence-electron chi connectivity index (χ4n) is 2.88. The molecule has 0 aliphatic carbocycles. The monoisotopic (exact) mass is 371 g/mol. The molecule has 1 aromatic rings. The number of halogens is 1. The van der Waals surface area contributed by atoms with E-state index in [1.807, 2.05) is 12.1 Å². The van der Waals surface area contributed by atoms with Crippen LogP contribution < -0.4 is 4.90 Å². The van der Waals surface area contributed by atoms with Crippen molar-refractivity contribution in [3.8, 4) is 12.1 Å². The molecule has 27 heavy (non-hydrogen) atoms. The van der Waals surface area contributed by atoms with Gasteiger partial charge in [0.1, 0.15) is 11.7 Å². The van der Waals surface area contributed by atoms with Crippen molar-refractivity contribution in [2.24, 2.45) is 11.3 Å². The van der Waals surface area contributed by atoms with E-state index in [0.717, 1.165) is 0 Å². The van der Waals surface area contributed by atoms with E-state index < -0.39 is 29.1 Å². The normalized spacial score (nSPS) is 17.9. The first-order valence-corrected chi connectivity index (χ1v) is 8.32. The Morgan fingerprint density at radius 3 is 2.30 bits per heavy atom. The predicted octanol–water partition coefficient (Wildman–Crippen LogP) is 2.31. The Balaban J connectivity index is 2.62. The van der Waals surface area contributed by atoms with Crippen LogP contribution in [0.2, 0.25) is 0 Å². The molecule has 1 aromatic carbocycles. The molecule has 0 saturated heterocycles. The van der Waals surface area contributed by atoms with Gasteiger partial charge in [-0.3, -0.25) is 4.79 Å². The van der Waals surface area contributed by atoms with Gasteiger partial charge in [0, 0.05) is 11.9 Å². The lowest BCUT2D eigenvalue weighted by Gasteiger charge is -2.38. The van der Waals surface area contributed by atoms with Gasteiger partial charge in [-0.1, -0.05) is 0 Å². The molecule has 1 heterocycles. The Hall–Kier alpha value is -3.39. The maximum absolute atomic E-state index is 13.2. The van der Waals surface area contributed by atoms with Gasteiger partial charge < -0.3 is 14.4 Å². The van der Waals surface area contributed by atoms with Crippen molar-refractivity contribution in [1.82, 2.24) is 0 Å². The minimum absolute atomic E-state index is 0.0278. The lowest BCUT2D eigenvalue weighted by molar-refractivity contribution is -0.152. The average Bonchev–Trinajstić information content (AvgIpc) is 2.67. The summed E-state index contributed by atoms with van der Waals surface area (Å²) in [4.78, 5) is 26.4. The minimum atomic E-state index is -1.88. The summed E-state index contributed by atoms with van der Waals surface area (Å²) in [6.07, 6.45) is 1.35. The van der Waals surface area contributed by atoms with Crippen LogP contribution in [0.4, 0.5) is 10.1 Å². The van der Waals surface area contributed by atoms with E-state index in [2.05, 4.69) is 0 Å². The second kappa shape index (κ2) is 8.33. The van der Waals surface area contributed by atoms with Crippen LogP contribution in [0.25, 0.3) is 0 Å². The first-order valence-electron chi connectivity index (χ1n) is 8.32. The summed E-state index contributed by atoms with van der Waals surface area (Å²) in [5.74, 6) is -3.54. The third-order valence-corrected chi connectivity index (χ3v) is 4.11. The molecule has 0 fully saturated rings. The van der Waals surface area contributed by atoms with Gasteiger partial charge in [-0.05, 0) is 38.1 Å². The zero-order valence-electron chi connectivity index (χ0n) is 14.9. The number of rotatable bonds is 5. The fraction of sp³-hybridized carbons (Fsp3) is 0.368. The van der Waals surface area contributed by atoms with Crippen LogP contribution in [0.5, 0.6) is 0 Å². The molecule has 0 radical (unpaired) electrons. The standard InChI is InChI=1S/C19H18FN3O4/c1-3-26-17(24)15-9-23(14-7-5-13(20)6-8-14)12-19(10-21,11-22)16(15)18(25)27-4-2/h5-9,16H,3-4,12H2,1-2H3. The van der Waals surface area contributed by atoms with E-state index in [4.69, 9.17) is 9.47 Å². The molecular weight excluding hydrogens is 353 g/mol. The first-order chi connectivity index (χ1) is 12.9. The summed E-state index contributed by atoms with van der Waals surface area (Å²) < 4.78 is 23.2. The Kier molecular flexibility index (Phi) is 6.15. The van der Waals surface area contributed by atoms with Gasteiger partial charge in [0.2, 0.25) is 0 Å². The third-order valence-electron chi connectivity index (χ3n) is 4.11. The lowest BCUT2D eigenvalue weighted by Crippen LogP contribution is -2.49. The van der Waals surface area contributed by atoms with Gasteiger partial charge in [0.15, 0.2) is 5.41 Å². The van der Waals surface area contributed by atoms with Crippen LogP contribution in [0, 0.1) is 39.8 Å². The highest BCUT2D eigenvalue weighted by Gasteiger charge is 2.53. The molecule has 0 spiro atoms. The number of nitrogens with zero attached hydrogens (tertiary/aromatic N) is 3. The number of anilines is 1. The van der Waals surface area contributed by atoms with Gasteiger partial charge in [0.05, 0.1) is 37.5 Å². The fourth-order valence-corrected chi connectivity index (χ4v) is 2.88. The highest BCUT2D eigenvalue weighted by atomic mass is 19.1. The van der Waals surface area contributed by atoms with E-state index in [-0.39, 0.29) is 25.3 Å². The summed E-state index contributed by atoms with van der Waals surface area (Å²) in [6.45, 7) is 3.06. The molecular formula is C19H18FN3O4. The van der Waals surface area contributed by atoms with E-state index in [0.29, 0.717) is 5.69 Å². The van der Waals surface area contributed by atoms with E-state index in [9.17, 15) is 24.5 Å². The van der Waals surface area contributed by atoms with Crippen LogP contribution >= 0.6 is 0 Å². The summed E-state index contributed by atoms with van der Waals surface area (Å²) in [6, 6.07) is 9.05. The summed E-state index contributed by atoms with van der Waals surface area (Å²) in [5, 5.41) is 19.4. The highest BCUT2D eigenvalue weighted by molar-refractivity contribution is 5.97. The van der Waals surface area contributed by atoms with Crippen LogP contribution in [-0.4, -0.2) is 31.7 Å². The molecule has 1 aliphatic heterocycles. The van der Waals surface area contributed by atoms with Crippen molar-refractivity contribution >= 4 is 17.6 Å². The van der Waals surface area contributed by atoms with Gasteiger partial charge in [0.25, 0.3) is 0 Å². The maximum atomic E-state index is 13.2. The van der Waals surface area contributed by atoms with Crippen molar-refractivity contribution in [1.29, 1.82) is 10.5 Å². The Morgan fingerprint density at radius 2 is 1.78 bits per heavy atom. The summed E-state index contributed by atoms with van der Waals surface area (Å²) >= 11 is 0. The highest BCUT2D eigenvalue weighted by Crippen LogP contribution is 2.40. The van der Waals surface area contributed by atoms with E-state index in [1.165, 1.54) is 35.4 Å². The smallest absolute Gasteiger partial charge is 0.336 e. The predicted molar refractivity (Wildman–Crippen MR) is 92.2 cm³/mol. The molecule has 0 aromatic heterocycles. The second-order valence-corrected chi connectivity index (χ2v) is 5.79. The van der Waals surface area contributed by atoms with Crippen LogP contribution in [0.1, 0.15) is 13.8 Å². The van der Waals surface area contributed by atoms with Crippen molar-refractivity contribution in [2.45, 2.75) is 13.8 Å². The minimum Gasteiger partial charge on any atom is -0.465 e. The number of benzene rings is 1. The third kappa shape index (κ3) is 3.90. The number of hydrogen-bond acceptors (Lipinski definition) is 7. The SMILES string of the molecule is CCOC(=O)C1=CN(c2ccc(F)cc2)CC(C#N)(C#N)C1C(=O)OCC. The Morgan fingerprint density at radius 1 is 1.19 bits per heavy atom. The lowest BCUT2D eigenvalue weighted by atomic mass is 9.71. The number of esters is 2. The van der Waals surface area contributed by atoms with Crippen LogP contribution in [-0.2, 0) is 19.1 Å². The molecule has 0 amide bonds. The van der Waals surface area contributed by atoms with Crippen molar-refractivity contribution in [3.05, 3.63) is 41.9 Å². The largest absolute Gasteiger partial charge is 0.465 e. The second-order valence-electron chi connectivity index (χ2n) is 5.79. The van der Waals surface area contributed by atoms with Gasteiger partial charge in [-0.2, -0.15) is 10.5 Å². The molecule has 2 rings (SSSR count). The molecule has 0 saturated carbocycles. The van der Waals surface area contributed by atoms with Gasteiger partial charge >= 0.3 is 11.9 Å². The summed E-state index contributed by atoms with van der Waals surface area (Å²) in [7, 11) is 0. The quantitative estimate of drug-likeness (QED) is 0.732. The molecule has 0 N–H and O–H groups in total. The van der Waals surface area contributed by atoms with E-state index in [1.54, 1.807) is 13.8 Å². The number of nitriles is 2. The van der Waals surface area contributed by atoms with Crippen molar-refractivity contribution < 1.29 is 23.5 Å². The maximum Gasteiger partial charge on any atom is 0.336 e. The summed E-state index contributed by atoms with van der Waals surface area (Å²) in [5.41, 5.74) is -1.58. The molecule has 8 heteroatoms. The number of ether oxygens (including phenoxy) is 2. The zero-order valence-corrected chi connectivity index (χ0v) is 14.9. The number of carbonyl (C=O) groups excluding carboxylic acids is 2. The zero-order chi connectivity index (χ0) is 20.0. The molecule has 140 valence electrons. The molecule has 1 atom stereocenters. The van der Waals surface area contributed by atoms with Crippen molar-refractivity contribution in [3.63, 3.8) is 0 Å². The molecule has 0 bridgehead atoms. The van der Waals surface area contributed by atoms with Crippen LogP contribution in [0.15, 0.2) is 36.0 Å². The van der Waals surface area contributed by atoms with E-state index >= 15 is 0 Å². The van der Waals surface area contributed by atoms with Gasteiger partial charge in [-0.25, -0.2) is 9.18 Å².